The lowest BCUT2D eigenvalue weighted by atomic mass is 10.2. The molecule has 0 heterocycles. The van der Waals surface area contributed by atoms with Crippen molar-refractivity contribution in [1.82, 2.24) is 5.32 Å². The molecule has 0 aliphatic rings. The molecule has 1 rings (SSSR count). The smallest absolute Gasteiger partial charge is 0.341 e. The summed E-state index contributed by atoms with van der Waals surface area (Å²) in [6.07, 6.45) is 0. The van der Waals surface area contributed by atoms with Gasteiger partial charge in [-0.15, -0.1) is 0 Å². The molecule has 0 spiro atoms. The van der Waals surface area contributed by atoms with E-state index in [2.05, 4.69) is 19.2 Å². The van der Waals surface area contributed by atoms with Crippen LogP contribution in [0.5, 0.6) is 5.75 Å². The highest BCUT2D eigenvalue weighted by Gasteiger charge is 2.02. The van der Waals surface area contributed by atoms with Gasteiger partial charge in [-0.25, -0.2) is 4.79 Å². The summed E-state index contributed by atoms with van der Waals surface area (Å²) in [5, 5.41) is 12.1. The summed E-state index contributed by atoms with van der Waals surface area (Å²) in [7, 11) is 0. The van der Waals surface area contributed by atoms with Crippen molar-refractivity contribution in [3.63, 3.8) is 0 Å². The van der Waals surface area contributed by atoms with Crippen molar-refractivity contribution < 1.29 is 14.6 Å². The monoisotopic (exact) mass is 273 g/mol. The second-order valence-electron chi connectivity index (χ2n) is 3.55. The van der Waals surface area contributed by atoms with Gasteiger partial charge in [-0.05, 0) is 43.8 Å². The maximum Gasteiger partial charge on any atom is 0.341 e. The highest BCUT2D eigenvalue weighted by Crippen LogP contribution is 2.21. The first-order valence-electron chi connectivity index (χ1n) is 5.82. The van der Waals surface area contributed by atoms with Gasteiger partial charge in [-0.1, -0.05) is 25.4 Å². The van der Waals surface area contributed by atoms with Crippen molar-refractivity contribution in [1.29, 1.82) is 0 Å². The Bertz CT molecular complexity index is 367. The van der Waals surface area contributed by atoms with Crippen LogP contribution in [0.15, 0.2) is 18.2 Å². The summed E-state index contributed by atoms with van der Waals surface area (Å²) >= 11 is 5.71. The van der Waals surface area contributed by atoms with Crippen molar-refractivity contribution in [3.8, 4) is 5.75 Å². The van der Waals surface area contributed by atoms with Crippen LogP contribution in [-0.2, 0) is 4.79 Å². The van der Waals surface area contributed by atoms with E-state index in [4.69, 9.17) is 21.4 Å². The standard InChI is InChI=1S/C9H9ClO3.C4H11N/c1-6-4-7(10)2-3-8(6)13-5-9(11)12;1-3-5-4-2/h2-4H,5H2,1H3,(H,11,12);5H,3-4H2,1-2H3. The summed E-state index contributed by atoms with van der Waals surface area (Å²) in [6, 6.07) is 5.03. The van der Waals surface area contributed by atoms with Gasteiger partial charge in [0, 0.05) is 5.02 Å². The van der Waals surface area contributed by atoms with Gasteiger partial charge in [-0.3, -0.25) is 0 Å². The number of nitrogens with one attached hydrogen (secondary N) is 1. The lowest BCUT2D eigenvalue weighted by Gasteiger charge is -2.06. The molecule has 0 aliphatic heterocycles. The molecule has 18 heavy (non-hydrogen) atoms. The number of rotatable bonds is 5. The Morgan fingerprint density at radius 3 is 2.39 bits per heavy atom. The van der Waals surface area contributed by atoms with Crippen molar-refractivity contribution >= 4 is 17.6 Å². The minimum Gasteiger partial charge on any atom is -0.482 e. The number of ether oxygens (including phenoxy) is 1. The Balaban J connectivity index is 0.000000494. The molecule has 0 saturated heterocycles. The molecule has 0 fully saturated rings. The van der Waals surface area contributed by atoms with Crippen LogP contribution in [0, 0.1) is 6.92 Å². The lowest BCUT2D eigenvalue weighted by Crippen LogP contribution is -2.09. The fourth-order valence-corrected chi connectivity index (χ4v) is 1.39. The molecule has 0 saturated carbocycles. The van der Waals surface area contributed by atoms with Crippen LogP contribution in [0.25, 0.3) is 0 Å². The summed E-state index contributed by atoms with van der Waals surface area (Å²) in [6.45, 7) is 7.87. The highest BCUT2D eigenvalue weighted by molar-refractivity contribution is 6.30. The van der Waals surface area contributed by atoms with Crippen molar-refractivity contribution in [2.75, 3.05) is 19.7 Å². The number of hydrogen-bond acceptors (Lipinski definition) is 3. The molecule has 1 aromatic rings. The number of halogens is 1. The topological polar surface area (TPSA) is 58.6 Å². The summed E-state index contributed by atoms with van der Waals surface area (Å²) in [4.78, 5) is 10.2. The molecule has 4 nitrogen and oxygen atoms in total. The largest absolute Gasteiger partial charge is 0.482 e. The minimum absolute atomic E-state index is 0.331. The molecule has 102 valence electrons. The number of carboxylic acid groups (broad SMARTS) is 1. The highest BCUT2D eigenvalue weighted by atomic mass is 35.5. The number of aryl methyl sites for hydroxylation is 1. The van der Waals surface area contributed by atoms with Crippen molar-refractivity contribution in [2.24, 2.45) is 0 Å². The third-order valence-corrected chi connectivity index (χ3v) is 2.22. The number of carboxylic acids is 1. The van der Waals surface area contributed by atoms with Crippen LogP contribution in [0.1, 0.15) is 19.4 Å². The number of aliphatic carboxylic acids is 1. The molecule has 1 aromatic carbocycles. The Morgan fingerprint density at radius 1 is 1.39 bits per heavy atom. The van der Waals surface area contributed by atoms with Crippen LogP contribution >= 0.6 is 11.6 Å². The molecule has 2 N–H and O–H groups in total. The SMILES string of the molecule is CCNCC.Cc1cc(Cl)ccc1OCC(=O)O. The Morgan fingerprint density at radius 2 is 2.00 bits per heavy atom. The first kappa shape index (κ1) is 16.7. The maximum atomic E-state index is 10.2. The normalized spacial score (nSPS) is 9.33. The molecule has 0 amide bonds. The van der Waals surface area contributed by atoms with E-state index in [0.29, 0.717) is 10.8 Å². The van der Waals surface area contributed by atoms with E-state index >= 15 is 0 Å². The van der Waals surface area contributed by atoms with E-state index < -0.39 is 5.97 Å². The van der Waals surface area contributed by atoms with Gasteiger partial charge in [0.2, 0.25) is 0 Å². The predicted octanol–water partition coefficient (Wildman–Crippen LogP) is 2.73. The third kappa shape index (κ3) is 7.92. The first-order chi connectivity index (χ1) is 8.51. The lowest BCUT2D eigenvalue weighted by molar-refractivity contribution is -0.139. The quantitative estimate of drug-likeness (QED) is 0.866. The third-order valence-electron chi connectivity index (χ3n) is 1.99. The van der Waals surface area contributed by atoms with Crippen LogP contribution in [0.3, 0.4) is 0 Å². The Labute approximate surface area is 113 Å². The van der Waals surface area contributed by atoms with Gasteiger partial charge >= 0.3 is 5.97 Å². The van der Waals surface area contributed by atoms with Crippen LogP contribution < -0.4 is 10.1 Å². The molecule has 0 unspecified atom stereocenters. The van der Waals surface area contributed by atoms with Gasteiger partial charge in [0.25, 0.3) is 0 Å². The molecule has 0 aromatic heterocycles. The molecule has 0 atom stereocenters. The average molecular weight is 274 g/mol. The van der Waals surface area contributed by atoms with Crippen LogP contribution in [0.2, 0.25) is 5.02 Å². The molecule has 0 aliphatic carbocycles. The summed E-state index contributed by atoms with van der Waals surface area (Å²) in [5.41, 5.74) is 0.828. The summed E-state index contributed by atoms with van der Waals surface area (Å²) in [5.74, 6) is -0.443. The molecular formula is C13H20ClNO3. The maximum absolute atomic E-state index is 10.2. The van der Waals surface area contributed by atoms with E-state index in [0.717, 1.165) is 18.7 Å². The fourth-order valence-electron chi connectivity index (χ4n) is 1.16. The minimum atomic E-state index is -0.991. The second-order valence-corrected chi connectivity index (χ2v) is 3.99. The Hall–Kier alpha value is -1.26. The van der Waals surface area contributed by atoms with Gasteiger partial charge in [0.05, 0.1) is 0 Å². The van der Waals surface area contributed by atoms with E-state index in [1.54, 1.807) is 18.2 Å². The van der Waals surface area contributed by atoms with Gasteiger partial charge in [-0.2, -0.15) is 0 Å². The Kier molecular flexibility index (Phi) is 9.06. The van der Waals surface area contributed by atoms with Gasteiger partial charge in [0.1, 0.15) is 5.75 Å². The second kappa shape index (κ2) is 9.74. The van der Waals surface area contributed by atoms with E-state index in [9.17, 15) is 4.79 Å². The van der Waals surface area contributed by atoms with Crippen LogP contribution in [0.4, 0.5) is 0 Å². The first-order valence-corrected chi connectivity index (χ1v) is 6.20. The van der Waals surface area contributed by atoms with Crippen molar-refractivity contribution in [2.45, 2.75) is 20.8 Å². The van der Waals surface area contributed by atoms with Crippen molar-refractivity contribution in [3.05, 3.63) is 28.8 Å². The zero-order valence-electron chi connectivity index (χ0n) is 11.0. The van der Waals surface area contributed by atoms with Crippen LogP contribution in [-0.4, -0.2) is 30.8 Å². The number of carbonyl (C=O) groups is 1. The average Bonchev–Trinajstić information content (AvgIpc) is 2.29. The van der Waals surface area contributed by atoms with E-state index in [-0.39, 0.29) is 6.61 Å². The number of hydrogen-bond donors (Lipinski definition) is 2. The molecule has 0 bridgehead atoms. The molecular weight excluding hydrogens is 254 g/mol. The van der Waals surface area contributed by atoms with Gasteiger partial charge < -0.3 is 15.2 Å². The van der Waals surface area contributed by atoms with E-state index in [1.807, 2.05) is 6.92 Å². The van der Waals surface area contributed by atoms with E-state index in [1.165, 1.54) is 0 Å². The molecule has 5 heteroatoms. The number of benzene rings is 1. The van der Waals surface area contributed by atoms with Gasteiger partial charge in [0.15, 0.2) is 6.61 Å². The zero-order valence-corrected chi connectivity index (χ0v) is 11.8. The predicted molar refractivity (Wildman–Crippen MR) is 73.5 cm³/mol. The zero-order chi connectivity index (χ0) is 14.0. The summed E-state index contributed by atoms with van der Waals surface area (Å²) < 4.78 is 5.00. The fraction of sp³-hybridized carbons (Fsp3) is 0.462. The molecule has 0 radical (unpaired) electrons.